The highest BCUT2D eigenvalue weighted by molar-refractivity contribution is 5.93. The standard InChI is InChI=1S/C14H23NO2/c1-4-7-10-15(13-9-8-11-17-13)14(16)12(5-2)6-3/h8-9,11-12H,4-7,10H2,1-3H3. The SMILES string of the molecule is CCCCN(C(=O)C(CC)CC)c1ccco1. The molecule has 0 atom stereocenters. The van der Waals surface area contributed by atoms with Crippen LogP contribution in [0, 0.1) is 5.92 Å². The number of rotatable bonds is 7. The first-order chi connectivity index (χ1) is 8.24. The number of nitrogens with zero attached hydrogens (tertiary/aromatic N) is 1. The highest BCUT2D eigenvalue weighted by Crippen LogP contribution is 2.21. The van der Waals surface area contributed by atoms with E-state index in [1.165, 1.54) is 0 Å². The third kappa shape index (κ3) is 3.62. The summed E-state index contributed by atoms with van der Waals surface area (Å²) >= 11 is 0. The fourth-order valence-corrected chi connectivity index (χ4v) is 1.93. The van der Waals surface area contributed by atoms with Gasteiger partial charge in [-0.05, 0) is 25.3 Å². The minimum absolute atomic E-state index is 0.108. The summed E-state index contributed by atoms with van der Waals surface area (Å²) in [6.45, 7) is 7.00. The van der Waals surface area contributed by atoms with Crippen molar-refractivity contribution in [2.24, 2.45) is 5.92 Å². The van der Waals surface area contributed by atoms with Crippen molar-refractivity contribution in [1.82, 2.24) is 0 Å². The Hall–Kier alpha value is -1.25. The molecule has 1 heterocycles. The van der Waals surface area contributed by atoms with E-state index in [1.54, 1.807) is 11.2 Å². The first kappa shape index (κ1) is 13.8. The second-order valence-electron chi connectivity index (χ2n) is 4.31. The van der Waals surface area contributed by atoms with Gasteiger partial charge in [-0.15, -0.1) is 0 Å². The molecule has 0 aliphatic carbocycles. The average molecular weight is 237 g/mol. The lowest BCUT2D eigenvalue weighted by Gasteiger charge is -2.24. The zero-order valence-electron chi connectivity index (χ0n) is 11.1. The van der Waals surface area contributed by atoms with Gasteiger partial charge in [-0.2, -0.15) is 0 Å². The average Bonchev–Trinajstić information content (AvgIpc) is 2.85. The zero-order valence-corrected chi connectivity index (χ0v) is 11.1. The Bertz CT molecular complexity index is 315. The van der Waals surface area contributed by atoms with E-state index in [-0.39, 0.29) is 11.8 Å². The molecule has 0 aliphatic heterocycles. The molecule has 96 valence electrons. The normalized spacial score (nSPS) is 10.8. The molecule has 3 nitrogen and oxygen atoms in total. The van der Waals surface area contributed by atoms with Gasteiger partial charge in [0, 0.05) is 18.5 Å². The first-order valence-electron chi connectivity index (χ1n) is 6.59. The van der Waals surface area contributed by atoms with E-state index in [2.05, 4.69) is 20.8 Å². The van der Waals surface area contributed by atoms with E-state index in [4.69, 9.17) is 4.42 Å². The van der Waals surface area contributed by atoms with Crippen molar-refractivity contribution in [1.29, 1.82) is 0 Å². The number of carbonyl (C=O) groups excluding carboxylic acids is 1. The monoisotopic (exact) mass is 237 g/mol. The molecular weight excluding hydrogens is 214 g/mol. The van der Waals surface area contributed by atoms with Crippen LogP contribution in [0.25, 0.3) is 0 Å². The molecule has 0 fully saturated rings. The summed E-state index contributed by atoms with van der Waals surface area (Å²) < 4.78 is 5.36. The Morgan fingerprint density at radius 1 is 1.35 bits per heavy atom. The molecule has 1 amide bonds. The lowest BCUT2D eigenvalue weighted by molar-refractivity contribution is -0.122. The van der Waals surface area contributed by atoms with Crippen LogP contribution in [0.5, 0.6) is 0 Å². The summed E-state index contributed by atoms with van der Waals surface area (Å²) in [5, 5.41) is 0. The van der Waals surface area contributed by atoms with Gasteiger partial charge in [0.25, 0.3) is 0 Å². The second kappa shape index (κ2) is 7.15. The number of furan rings is 1. The molecule has 1 aromatic heterocycles. The summed E-state index contributed by atoms with van der Waals surface area (Å²) in [6, 6.07) is 3.68. The van der Waals surface area contributed by atoms with Gasteiger partial charge in [0.05, 0.1) is 6.26 Å². The van der Waals surface area contributed by atoms with Crippen LogP contribution < -0.4 is 4.90 Å². The lowest BCUT2D eigenvalue weighted by atomic mass is 10.0. The van der Waals surface area contributed by atoms with Crippen LogP contribution in [0.1, 0.15) is 46.5 Å². The number of unbranched alkanes of at least 4 members (excludes halogenated alkanes) is 1. The molecule has 1 rings (SSSR count). The summed E-state index contributed by atoms with van der Waals surface area (Å²) in [7, 11) is 0. The minimum Gasteiger partial charge on any atom is -0.448 e. The van der Waals surface area contributed by atoms with Gasteiger partial charge in [0.2, 0.25) is 11.8 Å². The van der Waals surface area contributed by atoms with E-state index in [1.807, 2.05) is 12.1 Å². The molecule has 0 spiro atoms. The van der Waals surface area contributed by atoms with Gasteiger partial charge < -0.3 is 4.42 Å². The third-order valence-electron chi connectivity index (χ3n) is 3.11. The van der Waals surface area contributed by atoms with E-state index >= 15 is 0 Å². The van der Waals surface area contributed by atoms with Crippen LogP contribution in [0.3, 0.4) is 0 Å². The Morgan fingerprint density at radius 2 is 2.06 bits per heavy atom. The van der Waals surface area contributed by atoms with Crippen molar-refractivity contribution in [3.05, 3.63) is 18.4 Å². The summed E-state index contributed by atoms with van der Waals surface area (Å²) in [4.78, 5) is 14.2. The number of hydrogen-bond donors (Lipinski definition) is 0. The Morgan fingerprint density at radius 3 is 2.53 bits per heavy atom. The molecule has 0 saturated carbocycles. The zero-order chi connectivity index (χ0) is 12.7. The number of carbonyl (C=O) groups is 1. The second-order valence-corrected chi connectivity index (χ2v) is 4.31. The van der Waals surface area contributed by atoms with E-state index in [0.717, 1.165) is 32.2 Å². The Labute approximate surface area is 104 Å². The predicted octanol–water partition coefficient (Wildman–Crippen LogP) is 3.85. The molecule has 0 unspecified atom stereocenters. The third-order valence-corrected chi connectivity index (χ3v) is 3.11. The minimum atomic E-state index is 0.108. The summed E-state index contributed by atoms with van der Waals surface area (Å²) in [5.74, 6) is 0.978. The van der Waals surface area contributed by atoms with Gasteiger partial charge in [0.1, 0.15) is 0 Å². The number of anilines is 1. The van der Waals surface area contributed by atoms with Gasteiger partial charge in [-0.25, -0.2) is 0 Å². The van der Waals surface area contributed by atoms with Crippen LogP contribution in [0.4, 0.5) is 5.88 Å². The van der Waals surface area contributed by atoms with Crippen molar-refractivity contribution < 1.29 is 9.21 Å². The van der Waals surface area contributed by atoms with Gasteiger partial charge in [-0.3, -0.25) is 9.69 Å². The maximum Gasteiger partial charge on any atom is 0.232 e. The molecule has 0 bridgehead atoms. The molecule has 0 aromatic carbocycles. The van der Waals surface area contributed by atoms with Gasteiger partial charge in [0.15, 0.2) is 0 Å². The van der Waals surface area contributed by atoms with E-state index in [9.17, 15) is 4.79 Å². The predicted molar refractivity (Wildman–Crippen MR) is 70.0 cm³/mol. The molecule has 1 aromatic rings. The maximum absolute atomic E-state index is 12.4. The molecule has 0 saturated heterocycles. The van der Waals surface area contributed by atoms with Gasteiger partial charge >= 0.3 is 0 Å². The van der Waals surface area contributed by atoms with Crippen molar-refractivity contribution in [2.45, 2.75) is 46.5 Å². The van der Waals surface area contributed by atoms with Crippen LogP contribution in [-0.2, 0) is 4.79 Å². The fourth-order valence-electron chi connectivity index (χ4n) is 1.93. The van der Waals surface area contributed by atoms with Gasteiger partial charge in [-0.1, -0.05) is 27.2 Å². The highest BCUT2D eigenvalue weighted by atomic mass is 16.3. The molecule has 3 heteroatoms. The quantitative estimate of drug-likeness (QED) is 0.721. The molecule has 0 radical (unpaired) electrons. The van der Waals surface area contributed by atoms with E-state index in [0.29, 0.717) is 5.88 Å². The molecule has 17 heavy (non-hydrogen) atoms. The summed E-state index contributed by atoms with van der Waals surface area (Å²) in [5.41, 5.74) is 0. The molecule has 0 aliphatic rings. The smallest absolute Gasteiger partial charge is 0.232 e. The first-order valence-corrected chi connectivity index (χ1v) is 6.59. The largest absolute Gasteiger partial charge is 0.448 e. The number of hydrogen-bond acceptors (Lipinski definition) is 2. The van der Waals surface area contributed by atoms with Crippen molar-refractivity contribution in [3.8, 4) is 0 Å². The molecular formula is C14H23NO2. The van der Waals surface area contributed by atoms with Crippen LogP contribution in [0.15, 0.2) is 22.8 Å². The van der Waals surface area contributed by atoms with Crippen molar-refractivity contribution in [3.63, 3.8) is 0 Å². The topological polar surface area (TPSA) is 33.5 Å². The van der Waals surface area contributed by atoms with Crippen LogP contribution in [-0.4, -0.2) is 12.5 Å². The van der Waals surface area contributed by atoms with Crippen molar-refractivity contribution >= 4 is 11.8 Å². The highest BCUT2D eigenvalue weighted by Gasteiger charge is 2.23. The number of amides is 1. The Kier molecular flexibility index (Phi) is 5.81. The lowest BCUT2D eigenvalue weighted by Crippen LogP contribution is -2.36. The Balaban J connectivity index is 2.79. The van der Waals surface area contributed by atoms with Crippen LogP contribution in [0.2, 0.25) is 0 Å². The van der Waals surface area contributed by atoms with Crippen molar-refractivity contribution in [2.75, 3.05) is 11.4 Å². The fraction of sp³-hybridized carbons (Fsp3) is 0.643. The van der Waals surface area contributed by atoms with E-state index < -0.39 is 0 Å². The molecule has 0 N–H and O–H groups in total. The van der Waals surface area contributed by atoms with Crippen LogP contribution >= 0.6 is 0 Å². The maximum atomic E-state index is 12.4. The summed E-state index contributed by atoms with van der Waals surface area (Å²) in [6.07, 6.45) is 5.48.